The number of carbonyl (C=O) groups is 1. The van der Waals surface area contributed by atoms with Crippen molar-refractivity contribution in [2.45, 2.75) is 11.7 Å². The van der Waals surface area contributed by atoms with Gasteiger partial charge in [-0.3, -0.25) is 15.1 Å². The van der Waals surface area contributed by atoms with Gasteiger partial charge in [0.1, 0.15) is 5.82 Å². The number of hydrogen-bond donors (Lipinski definition) is 1. The first kappa shape index (κ1) is 13.8. The summed E-state index contributed by atoms with van der Waals surface area (Å²) in [5, 5.41) is 8.09. The first-order valence-corrected chi connectivity index (χ1v) is 7.42. The van der Waals surface area contributed by atoms with Crippen LogP contribution < -0.4 is 4.90 Å². The van der Waals surface area contributed by atoms with Crippen LogP contribution in [-0.4, -0.2) is 11.1 Å². The van der Waals surface area contributed by atoms with Crippen LogP contribution in [0.5, 0.6) is 0 Å². The zero-order valence-corrected chi connectivity index (χ0v) is 11.9. The van der Waals surface area contributed by atoms with Crippen LogP contribution in [0.1, 0.15) is 17.2 Å². The van der Waals surface area contributed by atoms with Gasteiger partial charge in [-0.15, -0.1) is 0 Å². The molecule has 5 heteroatoms. The number of thioether (sulfide) groups is 1. The maximum atomic E-state index is 13.3. The Balaban J connectivity index is 1.85. The molecule has 0 radical (unpaired) electrons. The van der Waals surface area contributed by atoms with E-state index in [2.05, 4.69) is 0 Å². The molecule has 21 heavy (non-hydrogen) atoms. The number of nitrogens with zero attached hydrogens (tertiary/aromatic N) is 1. The Kier molecular flexibility index (Phi) is 3.75. The van der Waals surface area contributed by atoms with Crippen LogP contribution in [0.25, 0.3) is 0 Å². The quantitative estimate of drug-likeness (QED) is 0.912. The Labute approximate surface area is 126 Å². The van der Waals surface area contributed by atoms with Crippen molar-refractivity contribution >= 4 is 28.5 Å². The lowest BCUT2D eigenvalue weighted by Crippen LogP contribution is -2.39. The first-order chi connectivity index (χ1) is 10.1. The molecule has 0 bridgehead atoms. The molecular weight excluding hydrogens is 287 g/mol. The maximum absolute atomic E-state index is 13.3. The van der Waals surface area contributed by atoms with E-state index in [4.69, 9.17) is 5.41 Å². The van der Waals surface area contributed by atoms with E-state index >= 15 is 0 Å². The van der Waals surface area contributed by atoms with E-state index in [-0.39, 0.29) is 28.6 Å². The van der Waals surface area contributed by atoms with Gasteiger partial charge in [-0.05, 0) is 29.8 Å². The molecule has 0 spiro atoms. The number of nitrogens with one attached hydrogen (secondary N) is 1. The van der Waals surface area contributed by atoms with E-state index in [0.717, 1.165) is 5.56 Å². The minimum absolute atomic E-state index is 0.140. The van der Waals surface area contributed by atoms with E-state index in [9.17, 15) is 9.18 Å². The number of halogens is 1. The highest BCUT2D eigenvalue weighted by Gasteiger charge is 2.32. The summed E-state index contributed by atoms with van der Waals surface area (Å²) in [5.41, 5.74) is 1.43. The second-order valence-electron chi connectivity index (χ2n) is 4.74. The first-order valence-electron chi connectivity index (χ1n) is 6.54. The van der Waals surface area contributed by atoms with Crippen LogP contribution >= 0.6 is 11.8 Å². The van der Waals surface area contributed by atoms with Gasteiger partial charge in [0.2, 0.25) is 5.91 Å². The van der Waals surface area contributed by atoms with Gasteiger partial charge in [-0.25, -0.2) is 4.39 Å². The summed E-state index contributed by atoms with van der Waals surface area (Å²) in [6.45, 7) is 0. The second kappa shape index (κ2) is 5.69. The van der Waals surface area contributed by atoms with Crippen LogP contribution in [0.2, 0.25) is 0 Å². The van der Waals surface area contributed by atoms with Crippen molar-refractivity contribution in [2.24, 2.45) is 0 Å². The van der Waals surface area contributed by atoms with Gasteiger partial charge in [0.05, 0.1) is 5.69 Å². The van der Waals surface area contributed by atoms with Crippen LogP contribution in [0.3, 0.4) is 0 Å². The number of hydrogen-bond acceptors (Lipinski definition) is 3. The fraction of sp³-hybridized carbons (Fsp3) is 0.125. The number of carbonyl (C=O) groups excluding carboxylic acids is 1. The van der Waals surface area contributed by atoms with Gasteiger partial charge in [-0.2, -0.15) is 0 Å². The largest absolute Gasteiger partial charge is 0.278 e. The SMILES string of the molecule is N=C1S[C@H](c2cccc(F)c2)CC(=O)N1c1ccccc1. The Morgan fingerprint density at radius 1 is 1.14 bits per heavy atom. The van der Waals surface area contributed by atoms with Gasteiger partial charge in [0.15, 0.2) is 5.17 Å². The average Bonchev–Trinajstić information content (AvgIpc) is 2.47. The van der Waals surface area contributed by atoms with Crippen molar-refractivity contribution in [3.63, 3.8) is 0 Å². The molecule has 3 rings (SSSR count). The molecule has 0 aromatic heterocycles. The van der Waals surface area contributed by atoms with Gasteiger partial charge in [-0.1, -0.05) is 42.1 Å². The Morgan fingerprint density at radius 3 is 2.57 bits per heavy atom. The Bertz CT molecular complexity index is 672. The molecule has 0 unspecified atom stereocenters. The third-order valence-corrected chi connectivity index (χ3v) is 4.43. The average molecular weight is 300 g/mol. The Morgan fingerprint density at radius 2 is 1.90 bits per heavy atom. The van der Waals surface area contributed by atoms with Crippen molar-refractivity contribution in [3.05, 3.63) is 66.0 Å². The smallest absolute Gasteiger partial charge is 0.234 e. The lowest BCUT2D eigenvalue weighted by atomic mass is 10.1. The number of amides is 1. The van der Waals surface area contributed by atoms with Crippen LogP contribution in [0.15, 0.2) is 54.6 Å². The molecule has 1 fully saturated rings. The monoisotopic (exact) mass is 300 g/mol. The molecular formula is C16H13FN2OS. The highest BCUT2D eigenvalue weighted by molar-refractivity contribution is 8.14. The van der Waals surface area contributed by atoms with Gasteiger partial charge < -0.3 is 0 Å². The summed E-state index contributed by atoms with van der Waals surface area (Å²) in [4.78, 5) is 13.8. The lowest BCUT2D eigenvalue weighted by molar-refractivity contribution is -0.117. The highest BCUT2D eigenvalue weighted by Crippen LogP contribution is 2.39. The fourth-order valence-corrected chi connectivity index (χ4v) is 3.41. The minimum atomic E-state index is -0.322. The zero-order valence-electron chi connectivity index (χ0n) is 11.1. The third kappa shape index (κ3) is 2.83. The summed E-state index contributed by atoms with van der Waals surface area (Å²) in [6.07, 6.45) is 0.255. The molecule has 1 atom stereocenters. The molecule has 2 aromatic rings. The predicted octanol–water partition coefficient (Wildman–Crippen LogP) is 3.97. The van der Waals surface area contributed by atoms with E-state index in [0.29, 0.717) is 5.69 Å². The molecule has 1 N–H and O–H groups in total. The molecule has 2 aromatic carbocycles. The summed E-state index contributed by atoms with van der Waals surface area (Å²) in [5.74, 6) is -0.461. The molecule has 3 nitrogen and oxygen atoms in total. The molecule has 0 saturated carbocycles. The highest BCUT2D eigenvalue weighted by atomic mass is 32.2. The van der Waals surface area contributed by atoms with Crippen LogP contribution in [0, 0.1) is 11.2 Å². The molecule has 1 aliphatic heterocycles. The van der Waals surface area contributed by atoms with E-state index in [1.807, 2.05) is 18.2 Å². The third-order valence-electron chi connectivity index (χ3n) is 3.30. The van der Waals surface area contributed by atoms with E-state index < -0.39 is 0 Å². The van der Waals surface area contributed by atoms with Crippen molar-refractivity contribution in [1.82, 2.24) is 0 Å². The number of rotatable bonds is 2. The number of amidine groups is 1. The number of benzene rings is 2. The number of para-hydroxylation sites is 1. The molecule has 1 heterocycles. The summed E-state index contributed by atoms with van der Waals surface area (Å²) >= 11 is 1.28. The van der Waals surface area contributed by atoms with Gasteiger partial charge >= 0.3 is 0 Å². The number of anilines is 1. The fourth-order valence-electron chi connectivity index (χ4n) is 2.32. The molecule has 1 saturated heterocycles. The summed E-state index contributed by atoms with van der Waals surface area (Å²) in [6, 6.07) is 15.4. The van der Waals surface area contributed by atoms with Crippen LogP contribution in [-0.2, 0) is 4.79 Å². The lowest BCUT2D eigenvalue weighted by Gasteiger charge is -2.31. The molecule has 0 aliphatic carbocycles. The summed E-state index contributed by atoms with van der Waals surface area (Å²) < 4.78 is 13.3. The zero-order chi connectivity index (χ0) is 14.8. The van der Waals surface area contributed by atoms with E-state index in [1.165, 1.54) is 28.8 Å². The predicted molar refractivity (Wildman–Crippen MR) is 83.0 cm³/mol. The van der Waals surface area contributed by atoms with E-state index in [1.54, 1.807) is 24.3 Å². The molecule has 1 aliphatic rings. The van der Waals surface area contributed by atoms with Crippen molar-refractivity contribution in [2.75, 3.05) is 4.90 Å². The van der Waals surface area contributed by atoms with Crippen LogP contribution in [0.4, 0.5) is 10.1 Å². The minimum Gasteiger partial charge on any atom is -0.278 e. The van der Waals surface area contributed by atoms with Crippen molar-refractivity contribution in [3.8, 4) is 0 Å². The van der Waals surface area contributed by atoms with Gasteiger partial charge in [0, 0.05) is 11.7 Å². The maximum Gasteiger partial charge on any atom is 0.234 e. The summed E-state index contributed by atoms with van der Waals surface area (Å²) in [7, 11) is 0. The topological polar surface area (TPSA) is 44.2 Å². The standard InChI is InChI=1S/C16H13FN2OS/c17-12-6-4-5-11(9-12)14-10-15(20)19(16(18)21-14)13-7-2-1-3-8-13/h1-9,14,18H,10H2/t14-/m0/s1. The van der Waals surface area contributed by atoms with Crippen molar-refractivity contribution in [1.29, 1.82) is 5.41 Å². The molecule has 1 amide bonds. The molecule has 106 valence electrons. The van der Waals surface area contributed by atoms with Crippen molar-refractivity contribution < 1.29 is 9.18 Å². The van der Waals surface area contributed by atoms with Gasteiger partial charge in [0.25, 0.3) is 0 Å². The second-order valence-corrected chi connectivity index (χ2v) is 5.93. The Hall–Kier alpha value is -2.14. The normalized spacial score (nSPS) is 18.9.